The normalized spacial score (nSPS) is 19.8. The van der Waals surface area contributed by atoms with Crippen molar-refractivity contribution >= 4 is 52.7 Å². The number of hydrogen-bond acceptors (Lipinski definition) is 6. The highest BCUT2D eigenvalue weighted by atomic mass is 35.5. The molecule has 0 bridgehead atoms. The first-order valence-electron chi connectivity index (χ1n) is 7.72. The van der Waals surface area contributed by atoms with Gasteiger partial charge in [-0.2, -0.15) is 5.10 Å². The minimum absolute atomic E-state index is 0.0701. The number of hydrogen-bond donors (Lipinski definition) is 2. The molecule has 0 radical (unpaired) electrons. The third kappa shape index (κ3) is 5.24. The lowest BCUT2D eigenvalue weighted by Gasteiger charge is -2.16. The van der Waals surface area contributed by atoms with E-state index in [1.807, 2.05) is 10.9 Å². The Bertz CT molecular complexity index is 615. The van der Waals surface area contributed by atoms with E-state index in [0.717, 1.165) is 38.0 Å². The maximum Gasteiger partial charge on any atom is 0.174 e. The van der Waals surface area contributed by atoms with Gasteiger partial charge in [-0.15, -0.1) is 0 Å². The third-order valence-corrected chi connectivity index (χ3v) is 5.38. The second-order valence-corrected chi connectivity index (χ2v) is 7.13. The first-order valence-corrected chi connectivity index (χ1v) is 9.65. The zero-order chi connectivity index (χ0) is 17.5. The monoisotopic (exact) mass is 388 g/mol. The van der Waals surface area contributed by atoms with E-state index in [-0.39, 0.29) is 5.17 Å². The average Bonchev–Trinajstić information content (AvgIpc) is 2.78. The predicted octanol–water partition coefficient (Wildman–Crippen LogP) is 4.05. The molecule has 24 heavy (non-hydrogen) atoms. The van der Waals surface area contributed by atoms with Crippen molar-refractivity contribution in [3.63, 3.8) is 0 Å². The Hall–Kier alpha value is -1.02. The Kier molecular flexibility index (Phi) is 7.61. The molecule has 1 saturated heterocycles. The Morgan fingerprint density at radius 1 is 1.58 bits per heavy atom. The van der Waals surface area contributed by atoms with Crippen molar-refractivity contribution in [3.05, 3.63) is 23.1 Å². The smallest absolute Gasteiger partial charge is 0.174 e. The highest BCUT2D eigenvalue weighted by molar-refractivity contribution is 7.96. The minimum Gasteiger partial charge on any atom is -0.377 e. The molecular formula is C15H22Cl2N6S. The van der Waals surface area contributed by atoms with Gasteiger partial charge in [0.15, 0.2) is 5.15 Å². The van der Waals surface area contributed by atoms with Crippen molar-refractivity contribution in [2.45, 2.75) is 25.3 Å². The maximum absolute atomic E-state index is 7.51. The molecule has 2 N–H and O–H groups in total. The van der Waals surface area contributed by atoms with E-state index < -0.39 is 0 Å². The van der Waals surface area contributed by atoms with E-state index >= 15 is 0 Å². The lowest BCUT2D eigenvalue weighted by Crippen LogP contribution is -2.16. The van der Waals surface area contributed by atoms with Crippen LogP contribution in [0, 0.1) is 5.41 Å². The summed E-state index contributed by atoms with van der Waals surface area (Å²) in [5.41, 5.74) is 1.27. The standard InChI is InChI=1S/C15H22Cl2N6S/c1-19-8-11(14(16)18)9-20-13-10-23(21-15(13)17)12-4-3-6-22(24-2)7-5-12/h8,10,12,18,20H,1,3-7,9H2,2H3/b11-8+,18-14?. The molecule has 1 aromatic rings. The molecule has 1 aliphatic heterocycles. The van der Waals surface area contributed by atoms with Crippen LogP contribution in [0.25, 0.3) is 0 Å². The van der Waals surface area contributed by atoms with Crippen molar-refractivity contribution in [1.82, 2.24) is 14.1 Å². The fourth-order valence-corrected chi connectivity index (χ4v) is 3.57. The zero-order valence-electron chi connectivity index (χ0n) is 13.6. The van der Waals surface area contributed by atoms with Gasteiger partial charge in [-0.1, -0.05) is 35.1 Å². The summed E-state index contributed by atoms with van der Waals surface area (Å²) in [6, 6.07) is 0.353. The summed E-state index contributed by atoms with van der Waals surface area (Å²) >= 11 is 13.8. The van der Waals surface area contributed by atoms with Crippen molar-refractivity contribution < 1.29 is 0 Å². The topological polar surface area (TPSA) is 69.3 Å². The van der Waals surface area contributed by atoms with Crippen LogP contribution < -0.4 is 5.32 Å². The van der Waals surface area contributed by atoms with Crippen LogP contribution in [-0.2, 0) is 0 Å². The van der Waals surface area contributed by atoms with Gasteiger partial charge in [0.1, 0.15) is 5.17 Å². The van der Waals surface area contributed by atoms with E-state index in [0.29, 0.717) is 23.3 Å². The zero-order valence-corrected chi connectivity index (χ0v) is 16.0. The first kappa shape index (κ1) is 19.3. The second-order valence-electron chi connectivity index (χ2n) is 5.51. The van der Waals surface area contributed by atoms with Crippen molar-refractivity contribution in [2.75, 3.05) is 31.2 Å². The average molecular weight is 389 g/mol. The van der Waals surface area contributed by atoms with E-state index in [2.05, 4.69) is 32.7 Å². The molecule has 1 aliphatic rings. The molecule has 9 heteroatoms. The molecule has 0 saturated carbocycles. The molecule has 6 nitrogen and oxygen atoms in total. The molecule has 132 valence electrons. The predicted molar refractivity (Wildman–Crippen MR) is 105 cm³/mol. The number of anilines is 1. The summed E-state index contributed by atoms with van der Waals surface area (Å²) in [4.78, 5) is 3.66. The molecular weight excluding hydrogens is 367 g/mol. The molecule has 1 unspecified atom stereocenters. The maximum atomic E-state index is 7.51. The van der Waals surface area contributed by atoms with Gasteiger partial charge in [0.25, 0.3) is 0 Å². The molecule has 1 aromatic heterocycles. The van der Waals surface area contributed by atoms with Crippen LogP contribution in [0.4, 0.5) is 5.69 Å². The van der Waals surface area contributed by atoms with Crippen LogP contribution in [0.5, 0.6) is 0 Å². The van der Waals surface area contributed by atoms with Crippen LogP contribution in [0.1, 0.15) is 25.3 Å². The molecule has 2 rings (SSSR count). The summed E-state index contributed by atoms with van der Waals surface area (Å²) in [7, 11) is 0. The summed E-state index contributed by atoms with van der Waals surface area (Å²) in [5, 5.41) is 15.5. The van der Waals surface area contributed by atoms with Crippen LogP contribution >= 0.6 is 35.1 Å². The molecule has 2 heterocycles. The highest BCUT2D eigenvalue weighted by Gasteiger charge is 2.20. The quantitative estimate of drug-likeness (QED) is 0.545. The largest absolute Gasteiger partial charge is 0.377 e. The lowest BCUT2D eigenvalue weighted by molar-refractivity contribution is 0.405. The second kappa shape index (κ2) is 9.46. The summed E-state index contributed by atoms with van der Waals surface area (Å²) in [6.45, 7) is 5.89. The summed E-state index contributed by atoms with van der Waals surface area (Å²) in [5.74, 6) is 0. The van der Waals surface area contributed by atoms with Gasteiger partial charge in [-0.25, -0.2) is 0 Å². The Morgan fingerprint density at radius 3 is 3.04 bits per heavy atom. The highest BCUT2D eigenvalue weighted by Crippen LogP contribution is 2.28. The fraction of sp³-hybridized carbons (Fsp3) is 0.533. The molecule has 0 aromatic carbocycles. The van der Waals surface area contributed by atoms with Crippen molar-refractivity contribution in [3.8, 4) is 0 Å². The van der Waals surface area contributed by atoms with Gasteiger partial charge in [-0.3, -0.25) is 19.4 Å². The Balaban J connectivity index is 2.03. The lowest BCUT2D eigenvalue weighted by atomic mass is 10.1. The number of halogens is 2. The van der Waals surface area contributed by atoms with Gasteiger partial charge in [-0.05, 0) is 32.2 Å². The van der Waals surface area contributed by atoms with Crippen LogP contribution in [-0.4, -0.2) is 51.9 Å². The van der Waals surface area contributed by atoms with Gasteiger partial charge in [0, 0.05) is 31.4 Å². The minimum atomic E-state index is -0.0701. The van der Waals surface area contributed by atoms with Gasteiger partial charge in [0.05, 0.1) is 17.9 Å². The Labute approximate surface area is 156 Å². The fourth-order valence-electron chi connectivity index (χ4n) is 2.66. The number of nitrogens with zero attached hydrogens (tertiary/aromatic N) is 4. The number of aliphatic imine (C=N–C) groups is 1. The van der Waals surface area contributed by atoms with Gasteiger partial charge >= 0.3 is 0 Å². The Morgan fingerprint density at radius 2 is 2.38 bits per heavy atom. The van der Waals surface area contributed by atoms with Crippen LogP contribution in [0.15, 0.2) is 23.0 Å². The van der Waals surface area contributed by atoms with Crippen molar-refractivity contribution in [1.29, 1.82) is 5.41 Å². The van der Waals surface area contributed by atoms with Gasteiger partial charge < -0.3 is 5.32 Å². The van der Waals surface area contributed by atoms with Crippen molar-refractivity contribution in [2.24, 2.45) is 4.99 Å². The first-order chi connectivity index (χ1) is 11.5. The molecule has 0 spiro atoms. The summed E-state index contributed by atoms with van der Waals surface area (Å²) in [6.07, 6.45) is 8.79. The summed E-state index contributed by atoms with van der Waals surface area (Å²) < 4.78 is 4.34. The van der Waals surface area contributed by atoms with E-state index in [1.165, 1.54) is 6.20 Å². The molecule has 1 atom stereocenters. The van der Waals surface area contributed by atoms with Crippen LogP contribution in [0.3, 0.4) is 0 Å². The molecule has 0 aliphatic carbocycles. The van der Waals surface area contributed by atoms with Crippen LogP contribution in [0.2, 0.25) is 5.15 Å². The van der Waals surface area contributed by atoms with E-state index in [1.54, 1.807) is 11.9 Å². The van der Waals surface area contributed by atoms with Gasteiger partial charge in [0.2, 0.25) is 0 Å². The molecule has 0 amide bonds. The SMILES string of the molecule is C=N/C=C(\CNc1cn(C2CCCN(SC)CC2)nc1Cl)C(=N)Cl. The molecule has 1 fully saturated rings. The van der Waals surface area contributed by atoms with E-state index in [9.17, 15) is 0 Å². The number of rotatable bonds is 7. The number of aromatic nitrogens is 2. The van der Waals surface area contributed by atoms with E-state index in [4.69, 9.17) is 28.6 Å². The third-order valence-electron chi connectivity index (χ3n) is 3.97. The number of nitrogens with one attached hydrogen (secondary N) is 2.